The third kappa shape index (κ3) is 3.49. The lowest BCUT2D eigenvalue weighted by molar-refractivity contribution is -0.385. The fourth-order valence-electron chi connectivity index (χ4n) is 2.11. The molecule has 122 valence electrons. The number of ether oxygens (including phenoxy) is 1. The first-order valence-electron chi connectivity index (χ1n) is 7.19. The molecular weight excluding hydrogens is 310 g/mol. The van der Waals surface area contributed by atoms with Crippen molar-refractivity contribution in [3.8, 4) is 11.4 Å². The van der Waals surface area contributed by atoms with Crippen LogP contribution in [-0.4, -0.2) is 26.8 Å². The largest absolute Gasteiger partial charge is 0.497 e. The first kappa shape index (κ1) is 15.5. The van der Waals surface area contributed by atoms with Gasteiger partial charge < -0.3 is 10.1 Å². The molecule has 24 heavy (non-hydrogen) atoms. The molecule has 0 saturated carbocycles. The van der Waals surface area contributed by atoms with Gasteiger partial charge in [-0.3, -0.25) is 10.1 Å². The van der Waals surface area contributed by atoms with E-state index in [1.807, 2.05) is 36.5 Å². The van der Waals surface area contributed by atoms with Crippen LogP contribution in [0.4, 0.5) is 11.5 Å². The molecule has 8 heteroatoms. The highest BCUT2D eigenvalue weighted by Gasteiger charge is 2.06. The predicted octanol–water partition coefficient (Wildman–Crippen LogP) is 2.80. The maximum atomic E-state index is 10.6. The van der Waals surface area contributed by atoms with Gasteiger partial charge in [-0.2, -0.15) is 5.10 Å². The smallest absolute Gasteiger partial charge is 0.287 e. The summed E-state index contributed by atoms with van der Waals surface area (Å²) in [5, 5.41) is 18.1. The molecule has 1 aromatic carbocycles. The minimum atomic E-state index is -0.479. The third-order valence-electron chi connectivity index (χ3n) is 3.39. The first-order valence-corrected chi connectivity index (χ1v) is 7.19. The number of aromatic nitrogens is 3. The topological polar surface area (TPSA) is 95.1 Å². The summed E-state index contributed by atoms with van der Waals surface area (Å²) in [5.41, 5.74) is 1.71. The van der Waals surface area contributed by atoms with Gasteiger partial charge in [0.1, 0.15) is 17.8 Å². The number of nitrogens with one attached hydrogen (secondary N) is 1. The van der Waals surface area contributed by atoms with Crippen molar-refractivity contribution < 1.29 is 9.66 Å². The summed E-state index contributed by atoms with van der Waals surface area (Å²) < 4.78 is 6.90. The Hall–Kier alpha value is -3.42. The number of rotatable bonds is 6. The van der Waals surface area contributed by atoms with Gasteiger partial charge in [0.15, 0.2) is 0 Å². The van der Waals surface area contributed by atoms with Crippen LogP contribution in [0.5, 0.6) is 5.75 Å². The summed E-state index contributed by atoms with van der Waals surface area (Å²) in [4.78, 5) is 14.1. The third-order valence-corrected chi connectivity index (χ3v) is 3.39. The Balaban J connectivity index is 1.64. The molecule has 0 spiro atoms. The summed E-state index contributed by atoms with van der Waals surface area (Å²) >= 11 is 0. The van der Waals surface area contributed by atoms with E-state index in [0.29, 0.717) is 12.4 Å². The number of methoxy groups -OCH3 is 1. The summed E-state index contributed by atoms with van der Waals surface area (Å²) in [5.74, 6) is 1.34. The lowest BCUT2D eigenvalue weighted by atomic mass is 10.3. The minimum Gasteiger partial charge on any atom is -0.497 e. The molecular formula is C16H15N5O3. The average molecular weight is 325 g/mol. The Bertz CT molecular complexity index is 828. The highest BCUT2D eigenvalue weighted by atomic mass is 16.6. The number of benzene rings is 1. The van der Waals surface area contributed by atoms with Crippen LogP contribution in [-0.2, 0) is 6.54 Å². The van der Waals surface area contributed by atoms with Crippen LogP contribution < -0.4 is 10.1 Å². The SMILES string of the molecule is COc1ccc(-n2ccc(CNc3ccc([N+](=O)[O-])cn3)n2)cc1. The maximum Gasteiger partial charge on any atom is 0.287 e. The van der Waals surface area contributed by atoms with Crippen molar-refractivity contribution >= 4 is 11.5 Å². The van der Waals surface area contributed by atoms with Crippen LogP contribution in [0.2, 0.25) is 0 Å². The molecule has 0 aliphatic heterocycles. The molecule has 0 unspecified atom stereocenters. The number of hydrogen-bond acceptors (Lipinski definition) is 6. The van der Waals surface area contributed by atoms with Crippen molar-refractivity contribution in [2.24, 2.45) is 0 Å². The van der Waals surface area contributed by atoms with Gasteiger partial charge in [-0.25, -0.2) is 9.67 Å². The first-order chi connectivity index (χ1) is 11.7. The van der Waals surface area contributed by atoms with Gasteiger partial charge in [0, 0.05) is 12.3 Å². The Morgan fingerprint density at radius 2 is 2.00 bits per heavy atom. The monoisotopic (exact) mass is 325 g/mol. The standard InChI is InChI=1S/C16H15N5O3/c1-24-15-5-2-13(3-6-15)20-9-8-12(19-20)10-17-16-7-4-14(11-18-16)21(22)23/h2-9,11H,10H2,1H3,(H,17,18). The number of nitro groups is 1. The van der Waals surface area contributed by atoms with Crippen molar-refractivity contribution in [2.75, 3.05) is 12.4 Å². The van der Waals surface area contributed by atoms with E-state index >= 15 is 0 Å². The Morgan fingerprint density at radius 3 is 2.62 bits per heavy atom. The molecule has 0 saturated heterocycles. The fourth-order valence-corrected chi connectivity index (χ4v) is 2.11. The van der Waals surface area contributed by atoms with E-state index in [1.165, 1.54) is 12.3 Å². The van der Waals surface area contributed by atoms with Crippen LogP contribution in [0, 0.1) is 10.1 Å². The predicted molar refractivity (Wildman–Crippen MR) is 88.3 cm³/mol. The quantitative estimate of drug-likeness (QED) is 0.553. The molecule has 3 aromatic rings. The number of anilines is 1. The molecule has 1 N–H and O–H groups in total. The zero-order valence-electron chi connectivity index (χ0n) is 12.9. The molecule has 0 atom stereocenters. The molecule has 2 heterocycles. The molecule has 2 aromatic heterocycles. The van der Waals surface area contributed by atoms with Crippen LogP contribution in [0.15, 0.2) is 54.9 Å². The van der Waals surface area contributed by atoms with Gasteiger partial charge in [0.2, 0.25) is 0 Å². The van der Waals surface area contributed by atoms with Gasteiger partial charge in [0.05, 0.1) is 30.0 Å². The Morgan fingerprint density at radius 1 is 1.21 bits per heavy atom. The van der Waals surface area contributed by atoms with E-state index in [9.17, 15) is 10.1 Å². The van der Waals surface area contributed by atoms with Gasteiger partial charge in [-0.1, -0.05) is 0 Å². The van der Waals surface area contributed by atoms with Crippen LogP contribution >= 0.6 is 0 Å². The summed E-state index contributed by atoms with van der Waals surface area (Å²) in [7, 11) is 1.62. The van der Waals surface area contributed by atoms with E-state index in [0.717, 1.165) is 17.1 Å². The lowest BCUT2D eigenvalue weighted by Crippen LogP contribution is -2.03. The molecule has 0 aliphatic carbocycles. The average Bonchev–Trinajstić information content (AvgIpc) is 3.09. The number of pyridine rings is 1. The van der Waals surface area contributed by atoms with Gasteiger partial charge >= 0.3 is 0 Å². The Labute approximate surface area is 137 Å². The van der Waals surface area contributed by atoms with E-state index in [1.54, 1.807) is 17.9 Å². The molecule has 3 rings (SSSR count). The van der Waals surface area contributed by atoms with E-state index in [2.05, 4.69) is 15.4 Å². The molecule has 8 nitrogen and oxygen atoms in total. The Kier molecular flexibility index (Phi) is 4.37. The van der Waals surface area contributed by atoms with E-state index < -0.39 is 4.92 Å². The molecule has 0 bridgehead atoms. The highest BCUT2D eigenvalue weighted by molar-refractivity contribution is 5.41. The minimum absolute atomic E-state index is 0.0377. The second kappa shape index (κ2) is 6.78. The van der Waals surface area contributed by atoms with Crippen molar-refractivity contribution in [3.05, 3.63) is 70.7 Å². The van der Waals surface area contributed by atoms with Gasteiger partial charge in [0.25, 0.3) is 5.69 Å². The zero-order valence-corrected chi connectivity index (χ0v) is 12.9. The fraction of sp³-hybridized carbons (Fsp3) is 0.125. The number of hydrogen-bond donors (Lipinski definition) is 1. The zero-order chi connectivity index (χ0) is 16.9. The van der Waals surface area contributed by atoms with Crippen molar-refractivity contribution in [1.82, 2.24) is 14.8 Å². The van der Waals surface area contributed by atoms with Crippen molar-refractivity contribution in [2.45, 2.75) is 6.54 Å². The van der Waals surface area contributed by atoms with Crippen LogP contribution in [0.1, 0.15) is 5.69 Å². The second-order valence-electron chi connectivity index (χ2n) is 4.96. The van der Waals surface area contributed by atoms with Crippen LogP contribution in [0.3, 0.4) is 0 Å². The molecule has 0 amide bonds. The van der Waals surface area contributed by atoms with Crippen LogP contribution in [0.25, 0.3) is 5.69 Å². The normalized spacial score (nSPS) is 10.4. The molecule has 0 fully saturated rings. The molecule has 0 radical (unpaired) electrons. The summed E-state index contributed by atoms with van der Waals surface area (Å²) in [6, 6.07) is 12.4. The lowest BCUT2D eigenvalue weighted by Gasteiger charge is -2.04. The maximum absolute atomic E-state index is 10.6. The van der Waals surface area contributed by atoms with Gasteiger partial charge in [-0.15, -0.1) is 0 Å². The van der Waals surface area contributed by atoms with E-state index in [-0.39, 0.29) is 5.69 Å². The van der Waals surface area contributed by atoms with Crippen molar-refractivity contribution in [1.29, 1.82) is 0 Å². The summed E-state index contributed by atoms with van der Waals surface area (Å²) in [6.45, 7) is 0.466. The van der Waals surface area contributed by atoms with Crippen molar-refractivity contribution in [3.63, 3.8) is 0 Å². The molecule has 0 aliphatic rings. The number of nitrogens with zero attached hydrogens (tertiary/aromatic N) is 4. The summed E-state index contributed by atoms with van der Waals surface area (Å²) in [6.07, 6.45) is 3.08. The highest BCUT2D eigenvalue weighted by Crippen LogP contribution is 2.15. The van der Waals surface area contributed by atoms with Gasteiger partial charge in [-0.05, 0) is 36.4 Å². The van der Waals surface area contributed by atoms with E-state index in [4.69, 9.17) is 4.74 Å². The second-order valence-corrected chi connectivity index (χ2v) is 4.96.